The molecule has 2 N–H and O–H groups in total. The summed E-state index contributed by atoms with van der Waals surface area (Å²) in [5.74, 6) is 0.636. The number of anilines is 1. The van der Waals surface area contributed by atoms with Crippen LogP contribution in [-0.4, -0.2) is 31.8 Å². The Morgan fingerprint density at radius 1 is 1.56 bits per heavy atom. The van der Waals surface area contributed by atoms with E-state index in [0.29, 0.717) is 5.92 Å². The highest BCUT2D eigenvalue weighted by Gasteiger charge is 2.20. The maximum atomic E-state index is 5.81. The molecule has 1 aromatic rings. The van der Waals surface area contributed by atoms with Crippen molar-refractivity contribution in [2.24, 2.45) is 11.7 Å². The van der Waals surface area contributed by atoms with Crippen molar-refractivity contribution >= 4 is 5.69 Å². The topological polar surface area (TPSA) is 51.4 Å². The Balaban J connectivity index is 2.02. The van der Waals surface area contributed by atoms with Crippen LogP contribution in [0.2, 0.25) is 0 Å². The van der Waals surface area contributed by atoms with E-state index in [2.05, 4.69) is 16.0 Å². The van der Waals surface area contributed by atoms with Gasteiger partial charge in [-0.3, -0.25) is 4.98 Å². The van der Waals surface area contributed by atoms with Crippen molar-refractivity contribution in [2.45, 2.75) is 25.8 Å². The number of ether oxygens (including phenoxy) is 1. The highest BCUT2D eigenvalue weighted by molar-refractivity contribution is 5.45. The molecular formula is C14H23N3O. The van der Waals surface area contributed by atoms with Crippen LogP contribution in [0.1, 0.15) is 31.5 Å². The maximum Gasteiger partial charge on any atom is 0.0569 e. The summed E-state index contributed by atoms with van der Waals surface area (Å²) in [4.78, 5) is 6.82. The second-order valence-corrected chi connectivity index (χ2v) is 5.14. The third kappa shape index (κ3) is 3.21. The van der Waals surface area contributed by atoms with Gasteiger partial charge in [-0.1, -0.05) is 0 Å². The Morgan fingerprint density at radius 2 is 2.39 bits per heavy atom. The quantitative estimate of drug-likeness (QED) is 0.886. The molecule has 1 saturated heterocycles. The molecule has 1 aliphatic heterocycles. The van der Waals surface area contributed by atoms with Gasteiger partial charge in [-0.2, -0.15) is 0 Å². The normalized spacial score (nSPS) is 21.9. The SMILES string of the molecule is COCC1CCCN(c2ccc([C@@H](C)N)nc2)C1. The van der Waals surface area contributed by atoms with E-state index in [4.69, 9.17) is 10.5 Å². The molecule has 2 rings (SSSR count). The van der Waals surface area contributed by atoms with Crippen molar-refractivity contribution in [3.05, 3.63) is 24.0 Å². The minimum absolute atomic E-state index is 0.00152. The van der Waals surface area contributed by atoms with Gasteiger partial charge in [0, 0.05) is 26.2 Å². The first-order valence-electron chi connectivity index (χ1n) is 6.66. The van der Waals surface area contributed by atoms with E-state index in [1.165, 1.54) is 18.5 Å². The van der Waals surface area contributed by atoms with Crippen LogP contribution in [0, 0.1) is 5.92 Å². The van der Waals surface area contributed by atoms with Crippen LogP contribution in [0.15, 0.2) is 18.3 Å². The first kappa shape index (κ1) is 13.3. The van der Waals surface area contributed by atoms with E-state index in [9.17, 15) is 0 Å². The number of nitrogens with two attached hydrogens (primary N) is 1. The molecule has 0 spiro atoms. The Hall–Kier alpha value is -1.13. The van der Waals surface area contributed by atoms with Crippen LogP contribution in [0.25, 0.3) is 0 Å². The van der Waals surface area contributed by atoms with Crippen molar-refractivity contribution in [3.8, 4) is 0 Å². The molecule has 2 atom stereocenters. The van der Waals surface area contributed by atoms with Crippen molar-refractivity contribution < 1.29 is 4.74 Å². The van der Waals surface area contributed by atoms with E-state index < -0.39 is 0 Å². The minimum Gasteiger partial charge on any atom is -0.384 e. The highest BCUT2D eigenvalue weighted by Crippen LogP contribution is 2.23. The second-order valence-electron chi connectivity index (χ2n) is 5.14. The highest BCUT2D eigenvalue weighted by atomic mass is 16.5. The molecule has 0 bridgehead atoms. The van der Waals surface area contributed by atoms with Gasteiger partial charge in [-0.05, 0) is 37.8 Å². The van der Waals surface area contributed by atoms with Gasteiger partial charge in [-0.25, -0.2) is 0 Å². The molecular weight excluding hydrogens is 226 g/mol. The lowest BCUT2D eigenvalue weighted by Gasteiger charge is -2.34. The lowest BCUT2D eigenvalue weighted by molar-refractivity contribution is 0.143. The summed E-state index contributed by atoms with van der Waals surface area (Å²) in [6.07, 6.45) is 4.42. The summed E-state index contributed by atoms with van der Waals surface area (Å²) < 4.78 is 5.26. The summed E-state index contributed by atoms with van der Waals surface area (Å²) in [6, 6.07) is 4.16. The van der Waals surface area contributed by atoms with Gasteiger partial charge in [0.2, 0.25) is 0 Å². The van der Waals surface area contributed by atoms with E-state index in [-0.39, 0.29) is 6.04 Å². The van der Waals surface area contributed by atoms with Gasteiger partial charge < -0.3 is 15.4 Å². The second kappa shape index (κ2) is 6.16. The third-order valence-corrected chi connectivity index (χ3v) is 3.52. The van der Waals surface area contributed by atoms with Gasteiger partial charge in [0.25, 0.3) is 0 Å². The summed E-state index contributed by atoms with van der Waals surface area (Å²) in [5, 5.41) is 0. The molecule has 1 fully saturated rings. The summed E-state index contributed by atoms with van der Waals surface area (Å²) >= 11 is 0. The largest absolute Gasteiger partial charge is 0.384 e. The number of methoxy groups -OCH3 is 1. The van der Waals surface area contributed by atoms with Crippen molar-refractivity contribution in [1.29, 1.82) is 0 Å². The number of hydrogen-bond donors (Lipinski definition) is 1. The minimum atomic E-state index is 0.00152. The molecule has 0 radical (unpaired) electrons. The Labute approximate surface area is 109 Å². The van der Waals surface area contributed by atoms with Crippen LogP contribution in [0.4, 0.5) is 5.69 Å². The zero-order chi connectivity index (χ0) is 13.0. The molecule has 4 heteroatoms. The maximum absolute atomic E-state index is 5.81. The number of pyridine rings is 1. The zero-order valence-electron chi connectivity index (χ0n) is 11.3. The summed E-state index contributed by atoms with van der Waals surface area (Å²) in [7, 11) is 1.78. The van der Waals surface area contributed by atoms with E-state index in [1.54, 1.807) is 7.11 Å². The van der Waals surface area contributed by atoms with E-state index in [0.717, 1.165) is 25.4 Å². The van der Waals surface area contributed by atoms with Crippen LogP contribution in [0.3, 0.4) is 0 Å². The van der Waals surface area contributed by atoms with Crippen molar-refractivity contribution in [3.63, 3.8) is 0 Å². The fourth-order valence-corrected chi connectivity index (χ4v) is 2.53. The van der Waals surface area contributed by atoms with Crippen LogP contribution >= 0.6 is 0 Å². The van der Waals surface area contributed by atoms with Crippen molar-refractivity contribution in [1.82, 2.24) is 4.98 Å². The lowest BCUT2D eigenvalue weighted by atomic mass is 9.98. The van der Waals surface area contributed by atoms with Crippen LogP contribution in [-0.2, 0) is 4.74 Å². The molecule has 1 aliphatic rings. The fourth-order valence-electron chi connectivity index (χ4n) is 2.53. The number of aromatic nitrogens is 1. The predicted molar refractivity (Wildman–Crippen MR) is 73.7 cm³/mol. The van der Waals surface area contributed by atoms with E-state index >= 15 is 0 Å². The van der Waals surface area contributed by atoms with Crippen LogP contribution < -0.4 is 10.6 Å². The molecule has 1 unspecified atom stereocenters. The molecule has 18 heavy (non-hydrogen) atoms. The van der Waals surface area contributed by atoms with Crippen LogP contribution in [0.5, 0.6) is 0 Å². The number of piperidine rings is 1. The number of nitrogens with zero attached hydrogens (tertiary/aromatic N) is 2. The summed E-state index contributed by atoms with van der Waals surface area (Å²) in [5.41, 5.74) is 7.95. The van der Waals surface area contributed by atoms with Gasteiger partial charge in [0.1, 0.15) is 0 Å². The number of rotatable bonds is 4. The van der Waals surface area contributed by atoms with E-state index in [1.807, 2.05) is 19.2 Å². The Kier molecular flexibility index (Phi) is 4.55. The Bertz CT molecular complexity index is 362. The first-order chi connectivity index (χ1) is 8.70. The molecule has 1 aromatic heterocycles. The standard InChI is InChI=1S/C14H23N3O/c1-11(15)14-6-5-13(8-16-14)17-7-3-4-12(9-17)10-18-2/h5-6,8,11-12H,3-4,7,9-10,15H2,1-2H3/t11-,12?/m1/s1. The number of hydrogen-bond acceptors (Lipinski definition) is 4. The monoisotopic (exact) mass is 249 g/mol. The van der Waals surface area contributed by atoms with Crippen molar-refractivity contribution in [2.75, 3.05) is 31.7 Å². The van der Waals surface area contributed by atoms with Gasteiger partial charge in [0.05, 0.1) is 24.2 Å². The zero-order valence-corrected chi connectivity index (χ0v) is 11.3. The molecule has 0 saturated carbocycles. The predicted octanol–water partition coefficient (Wildman–Crippen LogP) is 1.96. The smallest absolute Gasteiger partial charge is 0.0569 e. The molecule has 2 heterocycles. The lowest BCUT2D eigenvalue weighted by Crippen LogP contribution is -2.37. The molecule has 0 aromatic carbocycles. The van der Waals surface area contributed by atoms with Gasteiger partial charge in [-0.15, -0.1) is 0 Å². The molecule has 4 nitrogen and oxygen atoms in total. The molecule has 0 aliphatic carbocycles. The fraction of sp³-hybridized carbons (Fsp3) is 0.643. The van der Waals surface area contributed by atoms with Gasteiger partial charge in [0.15, 0.2) is 0 Å². The van der Waals surface area contributed by atoms with Gasteiger partial charge >= 0.3 is 0 Å². The molecule has 100 valence electrons. The third-order valence-electron chi connectivity index (χ3n) is 3.52. The summed E-state index contributed by atoms with van der Waals surface area (Å²) in [6.45, 7) is 4.98. The first-order valence-corrected chi connectivity index (χ1v) is 6.66. The Morgan fingerprint density at radius 3 is 3.00 bits per heavy atom. The molecule has 0 amide bonds. The average Bonchev–Trinajstić information content (AvgIpc) is 2.39. The average molecular weight is 249 g/mol.